The van der Waals surface area contributed by atoms with Crippen LogP contribution in [-0.2, 0) is 13.2 Å². The smallest absolute Gasteiger partial charge is 0.231 e. The summed E-state index contributed by atoms with van der Waals surface area (Å²) in [5, 5.41) is 24.5. The molecule has 0 atom stereocenters. The third-order valence-electron chi connectivity index (χ3n) is 6.65. The summed E-state index contributed by atoms with van der Waals surface area (Å²) in [6.07, 6.45) is 0.888. The van der Waals surface area contributed by atoms with E-state index in [1.54, 1.807) is 0 Å². The quantitative estimate of drug-likeness (QED) is 0.282. The molecule has 3 aromatic carbocycles. The third-order valence-corrected chi connectivity index (χ3v) is 6.65. The average molecular weight is 463 g/mol. The number of rotatable bonds is 9. The van der Waals surface area contributed by atoms with E-state index in [2.05, 4.69) is 18.7 Å². The zero-order valence-electron chi connectivity index (χ0n) is 19.6. The van der Waals surface area contributed by atoms with Crippen molar-refractivity contribution in [2.45, 2.75) is 33.5 Å². The lowest BCUT2D eigenvalue weighted by Gasteiger charge is -2.18. The zero-order valence-corrected chi connectivity index (χ0v) is 19.6. The summed E-state index contributed by atoms with van der Waals surface area (Å²) in [5.74, 6) is 1.97. The molecule has 1 aliphatic rings. The van der Waals surface area contributed by atoms with E-state index in [1.807, 2.05) is 36.4 Å². The van der Waals surface area contributed by atoms with Crippen molar-refractivity contribution in [3.63, 3.8) is 0 Å². The molecule has 5 rings (SSSR count). The summed E-state index contributed by atoms with van der Waals surface area (Å²) < 4.78 is 17.4. The van der Waals surface area contributed by atoms with Gasteiger partial charge in [0.05, 0.1) is 25.3 Å². The largest absolute Gasteiger partial charge is 0.477 e. The van der Waals surface area contributed by atoms with Gasteiger partial charge in [-0.15, -0.1) is 0 Å². The molecule has 34 heavy (non-hydrogen) atoms. The number of aromatic nitrogens is 1. The standard InChI is InChI=1S/C27H30N2O5/c1-3-29(4-2)8-5-9-32-27-23-11-19(15-31)18(14-30)10-22(23)20-7-6-17-12-24-25(34-16-33-24)13-21(17)26(20)28-27/h6-7,10-13,30-31H,3-5,8-9,14-16H2,1-2H3. The molecule has 1 aromatic heterocycles. The van der Waals surface area contributed by atoms with Gasteiger partial charge >= 0.3 is 0 Å². The first kappa shape index (κ1) is 22.7. The Balaban J connectivity index is 1.66. The number of benzene rings is 3. The van der Waals surface area contributed by atoms with Gasteiger partial charge < -0.3 is 29.3 Å². The van der Waals surface area contributed by atoms with Crippen molar-refractivity contribution >= 4 is 32.4 Å². The maximum absolute atomic E-state index is 9.91. The van der Waals surface area contributed by atoms with Crippen molar-refractivity contribution in [2.24, 2.45) is 0 Å². The van der Waals surface area contributed by atoms with Crippen LogP contribution in [0.1, 0.15) is 31.4 Å². The van der Waals surface area contributed by atoms with Gasteiger partial charge in [0.25, 0.3) is 0 Å². The molecule has 0 aliphatic carbocycles. The Kier molecular flexibility index (Phi) is 6.41. The van der Waals surface area contributed by atoms with Gasteiger partial charge in [-0.05, 0) is 65.7 Å². The number of aliphatic hydroxyl groups excluding tert-OH is 2. The number of nitrogens with zero attached hydrogens (tertiary/aromatic N) is 2. The Bertz CT molecular complexity index is 1350. The molecule has 2 N–H and O–H groups in total. The lowest BCUT2D eigenvalue weighted by Crippen LogP contribution is -2.25. The minimum atomic E-state index is -0.160. The van der Waals surface area contributed by atoms with Crippen LogP contribution in [0.3, 0.4) is 0 Å². The topological polar surface area (TPSA) is 84.3 Å². The second kappa shape index (κ2) is 9.62. The van der Waals surface area contributed by atoms with Crippen LogP contribution in [0.2, 0.25) is 0 Å². The maximum atomic E-state index is 9.91. The van der Waals surface area contributed by atoms with E-state index in [4.69, 9.17) is 19.2 Å². The predicted octanol–water partition coefficient (Wildman–Crippen LogP) is 4.37. The van der Waals surface area contributed by atoms with Crippen LogP contribution >= 0.6 is 0 Å². The molecule has 0 saturated heterocycles. The SMILES string of the molecule is CCN(CC)CCCOc1nc2c3cc4c(cc3ccc2c2cc(CO)c(CO)cc12)OCO4. The van der Waals surface area contributed by atoms with Crippen LogP contribution in [0, 0.1) is 0 Å². The van der Waals surface area contributed by atoms with Crippen LogP contribution < -0.4 is 14.2 Å². The molecule has 0 amide bonds. The van der Waals surface area contributed by atoms with Gasteiger partial charge in [0.1, 0.15) is 0 Å². The molecule has 0 saturated carbocycles. The molecular weight excluding hydrogens is 432 g/mol. The minimum Gasteiger partial charge on any atom is -0.477 e. The van der Waals surface area contributed by atoms with Crippen LogP contribution in [0.5, 0.6) is 17.4 Å². The zero-order chi connectivity index (χ0) is 23.7. The van der Waals surface area contributed by atoms with E-state index in [0.29, 0.717) is 29.4 Å². The molecule has 0 radical (unpaired) electrons. The molecule has 178 valence electrons. The van der Waals surface area contributed by atoms with Gasteiger partial charge in [-0.25, -0.2) is 4.98 Å². The van der Waals surface area contributed by atoms with Gasteiger partial charge in [0.15, 0.2) is 11.5 Å². The Morgan fingerprint density at radius 2 is 1.59 bits per heavy atom. The second-order valence-corrected chi connectivity index (χ2v) is 8.52. The fourth-order valence-corrected chi connectivity index (χ4v) is 4.69. The highest BCUT2D eigenvalue weighted by atomic mass is 16.7. The summed E-state index contributed by atoms with van der Waals surface area (Å²) in [4.78, 5) is 7.33. The summed E-state index contributed by atoms with van der Waals surface area (Å²) in [7, 11) is 0. The van der Waals surface area contributed by atoms with Crippen LogP contribution in [-0.4, -0.2) is 53.1 Å². The molecule has 0 fully saturated rings. The summed E-state index contributed by atoms with van der Waals surface area (Å²) >= 11 is 0. The first-order valence-electron chi connectivity index (χ1n) is 11.8. The van der Waals surface area contributed by atoms with Crippen LogP contribution in [0.4, 0.5) is 0 Å². The Morgan fingerprint density at radius 3 is 2.29 bits per heavy atom. The van der Waals surface area contributed by atoms with Gasteiger partial charge in [-0.3, -0.25) is 0 Å². The third kappa shape index (κ3) is 4.00. The van der Waals surface area contributed by atoms with E-state index >= 15 is 0 Å². The van der Waals surface area contributed by atoms with Crippen LogP contribution in [0.15, 0.2) is 36.4 Å². The number of aliphatic hydroxyl groups is 2. The van der Waals surface area contributed by atoms with E-state index < -0.39 is 0 Å². The van der Waals surface area contributed by atoms with Crippen molar-refractivity contribution in [3.05, 3.63) is 47.5 Å². The lowest BCUT2D eigenvalue weighted by molar-refractivity contribution is 0.174. The monoisotopic (exact) mass is 462 g/mol. The highest BCUT2D eigenvalue weighted by Crippen LogP contribution is 2.41. The van der Waals surface area contributed by atoms with Crippen molar-refractivity contribution in [2.75, 3.05) is 33.0 Å². The van der Waals surface area contributed by atoms with Gasteiger partial charge in [-0.2, -0.15) is 0 Å². The van der Waals surface area contributed by atoms with Crippen molar-refractivity contribution < 1.29 is 24.4 Å². The lowest BCUT2D eigenvalue weighted by atomic mass is 9.97. The van der Waals surface area contributed by atoms with E-state index in [0.717, 1.165) is 64.3 Å². The van der Waals surface area contributed by atoms with Crippen molar-refractivity contribution in [3.8, 4) is 17.4 Å². The average Bonchev–Trinajstić information content (AvgIpc) is 3.33. The first-order valence-corrected chi connectivity index (χ1v) is 11.8. The predicted molar refractivity (Wildman–Crippen MR) is 133 cm³/mol. The Labute approximate surface area is 198 Å². The van der Waals surface area contributed by atoms with Gasteiger partial charge in [0.2, 0.25) is 12.7 Å². The highest BCUT2D eigenvalue weighted by Gasteiger charge is 2.19. The molecule has 7 nitrogen and oxygen atoms in total. The second-order valence-electron chi connectivity index (χ2n) is 8.52. The van der Waals surface area contributed by atoms with E-state index in [1.165, 1.54) is 0 Å². The fraction of sp³-hybridized carbons (Fsp3) is 0.370. The minimum absolute atomic E-state index is 0.151. The Hall–Kier alpha value is -3.13. The number of pyridine rings is 1. The normalized spacial score (nSPS) is 13.0. The van der Waals surface area contributed by atoms with Crippen molar-refractivity contribution in [1.82, 2.24) is 9.88 Å². The molecule has 0 spiro atoms. The molecular formula is C27H30N2O5. The highest BCUT2D eigenvalue weighted by molar-refractivity contribution is 6.17. The van der Waals surface area contributed by atoms with Crippen LogP contribution in [0.25, 0.3) is 32.4 Å². The molecule has 4 aromatic rings. The molecule has 2 heterocycles. The van der Waals surface area contributed by atoms with E-state index in [-0.39, 0.29) is 20.0 Å². The first-order chi connectivity index (χ1) is 16.7. The molecule has 0 unspecified atom stereocenters. The van der Waals surface area contributed by atoms with Gasteiger partial charge in [0, 0.05) is 22.7 Å². The number of hydrogen-bond donors (Lipinski definition) is 2. The van der Waals surface area contributed by atoms with E-state index in [9.17, 15) is 10.2 Å². The fourth-order valence-electron chi connectivity index (χ4n) is 4.69. The number of fused-ring (bicyclic) bond motifs is 6. The molecule has 7 heteroatoms. The molecule has 0 bridgehead atoms. The number of ether oxygens (including phenoxy) is 3. The maximum Gasteiger partial charge on any atom is 0.231 e. The summed E-state index contributed by atoms with van der Waals surface area (Å²) in [5.41, 5.74) is 2.18. The number of hydrogen-bond acceptors (Lipinski definition) is 7. The summed E-state index contributed by atoms with van der Waals surface area (Å²) in [6, 6.07) is 11.9. The summed E-state index contributed by atoms with van der Waals surface area (Å²) in [6.45, 7) is 7.75. The Morgan fingerprint density at radius 1 is 0.882 bits per heavy atom. The van der Waals surface area contributed by atoms with Crippen molar-refractivity contribution in [1.29, 1.82) is 0 Å². The molecule has 1 aliphatic heterocycles. The van der Waals surface area contributed by atoms with Gasteiger partial charge in [-0.1, -0.05) is 26.0 Å².